The average Bonchev–Trinajstić information content (AvgIpc) is 2.78. The van der Waals surface area contributed by atoms with Crippen LogP contribution in [-0.2, 0) is 21.8 Å². The first-order valence-corrected chi connectivity index (χ1v) is 11.3. The van der Waals surface area contributed by atoms with Crippen LogP contribution in [0.15, 0.2) is 65.6 Å². The van der Waals surface area contributed by atoms with E-state index in [0.29, 0.717) is 11.1 Å². The number of alkyl halides is 3. The van der Waals surface area contributed by atoms with Crippen LogP contribution in [-0.4, -0.2) is 26.6 Å². The second kappa shape index (κ2) is 9.49. The third-order valence-corrected chi connectivity index (χ3v) is 6.59. The van der Waals surface area contributed by atoms with Gasteiger partial charge in [-0.3, -0.25) is 0 Å². The fourth-order valence-corrected chi connectivity index (χ4v) is 4.92. The lowest BCUT2D eigenvalue weighted by molar-refractivity contribution is -0.137. The van der Waals surface area contributed by atoms with Gasteiger partial charge in [0.1, 0.15) is 10.6 Å². The first kappa shape index (κ1) is 24.7. The molecule has 0 aliphatic carbocycles. The van der Waals surface area contributed by atoms with Crippen molar-refractivity contribution in [3.8, 4) is 28.8 Å². The summed E-state index contributed by atoms with van der Waals surface area (Å²) in [6, 6.07) is 14.8. The zero-order chi connectivity index (χ0) is 25.1. The molecule has 34 heavy (non-hydrogen) atoms. The van der Waals surface area contributed by atoms with E-state index in [2.05, 4.69) is 12.0 Å². The number of halogens is 3. The number of carboxylic acid groups (broad SMARTS) is 1. The van der Waals surface area contributed by atoms with E-state index in [1.54, 1.807) is 24.3 Å². The Morgan fingerprint density at radius 2 is 1.82 bits per heavy atom. The van der Waals surface area contributed by atoms with Gasteiger partial charge in [0.2, 0.25) is 0 Å². The summed E-state index contributed by atoms with van der Waals surface area (Å²) in [4.78, 5) is 10.9. The van der Waals surface area contributed by atoms with Crippen molar-refractivity contribution in [1.82, 2.24) is 0 Å². The first-order valence-electron chi connectivity index (χ1n) is 9.62. The fourth-order valence-electron chi connectivity index (χ4n) is 3.35. The maximum Gasteiger partial charge on any atom is 0.416 e. The van der Waals surface area contributed by atoms with Gasteiger partial charge in [0.25, 0.3) is 0 Å². The maximum atomic E-state index is 13.4. The van der Waals surface area contributed by atoms with Gasteiger partial charge in [-0.05, 0) is 65.1 Å². The largest absolute Gasteiger partial charge is 0.495 e. The molecule has 3 rings (SSSR count). The third-order valence-electron chi connectivity index (χ3n) is 4.91. The molecule has 0 fully saturated rings. The lowest BCUT2D eigenvalue weighted by atomic mass is 9.97. The summed E-state index contributed by atoms with van der Waals surface area (Å²) < 4.78 is 71.9. The lowest BCUT2D eigenvalue weighted by Gasteiger charge is -2.16. The van der Waals surface area contributed by atoms with E-state index in [1.165, 1.54) is 25.3 Å². The number of carboxylic acids is 1. The zero-order valence-electron chi connectivity index (χ0n) is 17.7. The highest BCUT2D eigenvalue weighted by Crippen LogP contribution is 2.36. The highest BCUT2D eigenvalue weighted by Gasteiger charge is 2.32. The smallest absolute Gasteiger partial charge is 0.416 e. The predicted molar refractivity (Wildman–Crippen MR) is 119 cm³/mol. The topological polar surface area (TPSA) is 107 Å². The Morgan fingerprint density at radius 3 is 2.44 bits per heavy atom. The fraction of sp³-hybridized carbons (Fsp3) is 0.125. The van der Waals surface area contributed by atoms with Crippen molar-refractivity contribution in [2.75, 3.05) is 7.11 Å². The van der Waals surface area contributed by atoms with Crippen molar-refractivity contribution in [2.45, 2.75) is 16.8 Å². The van der Waals surface area contributed by atoms with Gasteiger partial charge in [0.05, 0.1) is 24.0 Å². The summed E-state index contributed by atoms with van der Waals surface area (Å²) in [5.74, 6) is 0.311. The van der Waals surface area contributed by atoms with Crippen LogP contribution in [0.25, 0.3) is 11.1 Å². The summed E-state index contributed by atoms with van der Waals surface area (Å²) in [5.41, 5.74) is 4.94. The number of ether oxygens (including phenoxy) is 1. The Bertz CT molecular complexity index is 1420. The summed E-state index contributed by atoms with van der Waals surface area (Å²) in [6.07, 6.45) is -4.70. The Kier molecular flexibility index (Phi) is 6.88. The number of hydrogen-bond acceptors (Lipinski definition) is 5. The van der Waals surface area contributed by atoms with Gasteiger partial charge >= 0.3 is 12.1 Å². The number of benzene rings is 3. The summed E-state index contributed by atoms with van der Waals surface area (Å²) in [7, 11) is -3.13. The Hall–Kier alpha value is -3.97. The Labute approximate surface area is 193 Å². The van der Waals surface area contributed by atoms with Crippen LogP contribution in [0.1, 0.15) is 27.0 Å². The number of aromatic carboxylic acids is 1. The molecule has 0 unspecified atom stereocenters. The molecule has 0 aliphatic rings. The molecular weight excluding hydrogens is 471 g/mol. The van der Waals surface area contributed by atoms with Gasteiger partial charge in [-0.1, -0.05) is 18.2 Å². The van der Waals surface area contributed by atoms with Crippen molar-refractivity contribution in [1.29, 1.82) is 0 Å². The number of sulfone groups is 1. The lowest BCUT2D eigenvalue weighted by Crippen LogP contribution is -2.11. The van der Waals surface area contributed by atoms with Gasteiger partial charge in [-0.15, -0.1) is 0 Å². The van der Waals surface area contributed by atoms with E-state index >= 15 is 0 Å². The van der Waals surface area contributed by atoms with Gasteiger partial charge in [-0.25, -0.2) is 13.2 Å². The molecule has 0 spiro atoms. The number of hydrogen-bond donors (Lipinski definition) is 2. The molecule has 176 valence electrons. The van der Waals surface area contributed by atoms with Gasteiger partial charge in [-0.2, -0.15) is 13.2 Å². The normalized spacial score (nSPS) is 11.4. The second-order valence-electron chi connectivity index (χ2n) is 7.15. The maximum absolute atomic E-state index is 13.4. The van der Waals surface area contributed by atoms with Crippen LogP contribution < -0.4 is 10.5 Å². The number of nitrogens with two attached hydrogens (primary N) is 1. The van der Waals surface area contributed by atoms with Gasteiger partial charge in [0, 0.05) is 11.6 Å². The van der Waals surface area contributed by atoms with Crippen LogP contribution >= 0.6 is 0 Å². The molecule has 6 nitrogen and oxygen atoms in total. The molecule has 0 aromatic heterocycles. The van der Waals surface area contributed by atoms with Crippen LogP contribution in [0, 0.1) is 12.0 Å². The zero-order valence-corrected chi connectivity index (χ0v) is 18.5. The molecule has 3 N–H and O–H groups in total. The van der Waals surface area contributed by atoms with Crippen LogP contribution in [0.3, 0.4) is 0 Å². The van der Waals surface area contributed by atoms with Crippen molar-refractivity contribution < 1.29 is 36.2 Å². The molecule has 0 amide bonds. The average molecular weight is 489 g/mol. The molecule has 3 aromatic carbocycles. The molecule has 0 saturated carbocycles. The summed E-state index contributed by atoms with van der Waals surface area (Å²) in [6.45, 7) is 0. The van der Waals surface area contributed by atoms with Crippen molar-refractivity contribution in [3.63, 3.8) is 0 Å². The van der Waals surface area contributed by atoms with Crippen LogP contribution in [0.5, 0.6) is 5.75 Å². The molecule has 0 radical (unpaired) electrons. The van der Waals surface area contributed by atoms with E-state index < -0.39 is 38.2 Å². The Morgan fingerprint density at radius 1 is 1.09 bits per heavy atom. The molecule has 0 heterocycles. The standard InChI is InChI=1S/C24H18F3NO5S/c1-33-21-8-5-17(23(29)30)13-22(21)34(31,32)14-18-12-19(24(25,26)27)6-7-20(18)16-4-2-3-15(11-16)9-10-28/h2-8,11-13H,14,28H2,1H3,(H,29,30). The van der Waals surface area contributed by atoms with E-state index in [-0.39, 0.29) is 22.4 Å². The Balaban J connectivity index is 2.20. The van der Waals surface area contributed by atoms with Gasteiger partial charge < -0.3 is 15.6 Å². The summed E-state index contributed by atoms with van der Waals surface area (Å²) >= 11 is 0. The molecular formula is C24H18F3NO5S. The number of rotatable bonds is 6. The van der Waals surface area contributed by atoms with Gasteiger partial charge in [0.15, 0.2) is 9.84 Å². The first-order chi connectivity index (χ1) is 16.0. The molecule has 0 aliphatic heterocycles. The summed E-state index contributed by atoms with van der Waals surface area (Å²) in [5, 5.41) is 9.24. The molecule has 0 bridgehead atoms. The van der Waals surface area contributed by atoms with Crippen molar-refractivity contribution in [3.05, 3.63) is 82.9 Å². The van der Waals surface area contributed by atoms with Crippen LogP contribution in [0.4, 0.5) is 13.2 Å². The van der Waals surface area contributed by atoms with E-state index in [9.17, 15) is 31.5 Å². The van der Waals surface area contributed by atoms with Crippen molar-refractivity contribution >= 4 is 15.8 Å². The number of methoxy groups -OCH3 is 1. The molecule has 0 saturated heterocycles. The minimum absolute atomic E-state index is 0.126. The third kappa shape index (κ3) is 5.32. The highest BCUT2D eigenvalue weighted by atomic mass is 32.2. The highest BCUT2D eigenvalue weighted by molar-refractivity contribution is 7.90. The molecule has 0 atom stereocenters. The van der Waals surface area contributed by atoms with Crippen LogP contribution in [0.2, 0.25) is 0 Å². The van der Waals surface area contributed by atoms with Crippen molar-refractivity contribution in [2.24, 2.45) is 5.73 Å². The second-order valence-corrected chi connectivity index (χ2v) is 9.11. The minimum Gasteiger partial charge on any atom is -0.495 e. The monoisotopic (exact) mass is 489 g/mol. The number of carbonyl (C=O) groups is 1. The minimum atomic E-state index is -4.70. The van der Waals surface area contributed by atoms with E-state index in [4.69, 9.17) is 10.5 Å². The SMILES string of the molecule is COc1ccc(C(=O)O)cc1S(=O)(=O)Cc1cc(C(F)(F)F)ccc1-c1cccc(C#CN)c1. The molecule has 10 heteroatoms. The van der Waals surface area contributed by atoms with E-state index in [1.807, 2.05) is 0 Å². The predicted octanol–water partition coefficient (Wildman–Crippen LogP) is 4.32. The quantitative estimate of drug-likeness (QED) is 0.395. The van der Waals surface area contributed by atoms with E-state index in [0.717, 1.165) is 18.2 Å². The molecule has 3 aromatic rings.